The molecule has 0 N–H and O–H groups in total. The summed E-state index contributed by atoms with van der Waals surface area (Å²) in [6.45, 7) is 4.41. The molecular weight excluding hydrogens is 212 g/mol. The predicted molar refractivity (Wildman–Crippen MR) is 58.2 cm³/mol. The van der Waals surface area contributed by atoms with Gasteiger partial charge in [0.2, 0.25) is 0 Å². The molecule has 2 nitrogen and oxygen atoms in total. The van der Waals surface area contributed by atoms with E-state index in [0.717, 1.165) is 18.2 Å². The van der Waals surface area contributed by atoms with Crippen molar-refractivity contribution >= 4 is 5.91 Å². The lowest BCUT2D eigenvalue weighted by Crippen LogP contribution is -2.31. The fourth-order valence-corrected chi connectivity index (χ4v) is 1.50. The second kappa shape index (κ2) is 5.05. The Hall–Kier alpha value is -1.45. The normalized spacial score (nSPS) is 10.6. The minimum Gasteiger partial charge on any atom is -0.341 e. The number of carbonyl (C=O) groups excluding carboxylic acids is 1. The predicted octanol–water partition coefficient (Wildman–Crippen LogP) is 2.69. The zero-order valence-electron chi connectivity index (χ0n) is 9.63. The minimum atomic E-state index is -0.693. The van der Waals surface area contributed by atoms with Crippen LogP contribution in [-0.4, -0.2) is 24.4 Å². The monoisotopic (exact) mass is 227 g/mol. The Morgan fingerprint density at radius 3 is 2.56 bits per heavy atom. The molecule has 0 radical (unpaired) electrons. The molecule has 1 amide bonds. The van der Waals surface area contributed by atoms with Crippen molar-refractivity contribution in [2.45, 2.75) is 13.8 Å². The van der Waals surface area contributed by atoms with Crippen molar-refractivity contribution in [2.75, 3.05) is 13.6 Å². The maximum atomic E-state index is 13.3. The average molecular weight is 227 g/mol. The molecule has 0 aliphatic heterocycles. The van der Waals surface area contributed by atoms with Crippen LogP contribution in [0.2, 0.25) is 0 Å². The fourth-order valence-electron chi connectivity index (χ4n) is 1.50. The Bertz CT molecular complexity index is 391. The average Bonchev–Trinajstić information content (AvgIpc) is 2.19. The van der Waals surface area contributed by atoms with E-state index in [0.29, 0.717) is 6.54 Å². The van der Waals surface area contributed by atoms with Crippen molar-refractivity contribution in [3.05, 3.63) is 35.4 Å². The zero-order chi connectivity index (χ0) is 12.3. The van der Waals surface area contributed by atoms with Gasteiger partial charge in [0.15, 0.2) is 0 Å². The minimum absolute atomic E-state index is 0.219. The van der Waals surface area contributed by atoms with Crippen molar-refractivity contribution in [3.63, 3.8) is 0 Å². The summed E-state index contributed by atoms with van der Waals surface area (Å²) in [4.78, 5) is 13.2. The second-order valence-corrected chi connectivity index (χ2v) is 4.20. The topological polar surface area (TPSA) is 20.3 Å². The SMILES string of the molecule is CC(C)CN(C)C(=O)c1cc(F)ccc1F. The first-order valence-corrected chi connectivity index (χ1v) is 5.12. The Morgan fingerprint density at radius 2 is 2.00 bits per heavy atom. The van der Waals surface area contributed by atoms with E-state index in [-0.39, 0.29) is 11.5 Å². The molecule has 0 atom stereocenters. The molecule has 0 aliphatic carbocycles. The third kappa shape index (κ3) is 3.02. The number of rotatable bonds is 3. The van der Waals surface area contributed by atoms with Gasteiger partial charge in [-0.2, -0.15) is 0 Å². The summed E-state index contributed by atoms with van der Waals surface area (Å²) in [5.41, 5.74) is -0.219. The summed E-state index contributed by atoms with van der Waals surface area (Å²) in [5, 5.41) is 0. The molecule has 0 saturated heterocycles. The number of hydrogen-bond donors (Lipinski definition) is 0. The van der Waals surface area contributed by atoms with Gasteiger partial charge in [-0.25, -0.2) is 8.78 Å². The highest BCUT2D eigenvalue weighted by Crippen LogP contribution is 2.12. The van der Waals surface area contributed by atoms with E-state index in [9.17, 15) is 13.6 Å². The van der Waals surface area contributed by atoms with Gasteiger partial charge in [-0.05, 0) is 24.1 Å². The molecule has 16 heavy (non-hydrogen) atoms. The molecule has 88 valence electrons. The zero-order valence-corrected chi connectivity index (χ0v) is 9.63. The highest BCUT2D eigenvalue weighted by Gasteiger charge is 2.17. The van der Waals surface area contributed by atoms with Gasteiger partial charge in [0, 0.05) is 13.6 Å². The van der Waals surface area contributed by atoms with Gasteiger partial charge in [-0.15, -0.1) is 0 Å². The number of amides is 1. The summed E-state index contributed by atoms with van der Waals surface area (Å²) >= 11 is 0. The van der Waals surface area contributed by atoms with Crippen LogP contribution < -0.4 is 0 Å². The lowest BCUT2D eigenvalue weighted by molar-refractivity contribution is 0.0774. The van der Waals surface area contributed by atoms with E-state index in [2.05, 4.69) is 0 Å². The van der Waals surface area contributed by atoms with Crippen LogP contribution in [0, 0.1) is 17.6 Å². The Balaban J connectivity index is 2.91. The summed E-state index contributed by atoms with van der Waals surface area (Å²) in [6, 6.07) is 2.88. The maximum absolute atomic E-state index is 13.3. The van der Waals surface area contributed by atoms with Gasteiger partial charge >= 0.3 is 0 Å². The lowest BCUT2D eigenvalue weighted by Gasteiger charge is -2.19. The summed E-state index contributed by atoms with van der Waals surface area (Å²) in [5.74, 6) is -1.51. The van der Waals surface area contributed by atoms with Crippen LogP contribution in [0.5, 0.6) is 0 Å². The van der Waals surface area contributed by atoms with Crippen LogP contribution in [0.4, 0.5) is 8.78 Å². The van der Waals surface area contributed by atoms with E-state index in [1.165, 1.54) is 4.90 Å². The molecular formula is C12H15F2NO. The van der Waals surface area contributed by atoms with Crippen molar-refractivity contribution in [1.29, 1.82) is 0 Å². The quantitative estimate of drug-likeness (QED) is 0.777. The Kier molecular flexibility index (Phi) is 3.99. The van der Waals surface area contributed by atoms with E-state index in [1.807, 2.05) is 13.8 Å². The molecule has 1 rings (SSSR count). The number of halogens is 2. The smallest absolute Gasteiger partial charge is 0.256 e. The first-order valence-electron chi connectivity index (χ1n) is 5.12. The lowest BCUT2D eigenvalue weighted by atomic mass is 10.1. The third-order valence-corrected chi connectivity index (χ3v) is 2.14. The van der Waals surface area contributed by atoms with E-state index in [4.69, 9.17) is 0 Å². The number of nitrogens with zero attached hydrogens (tertiary/aromatic N) is 1. The molecule has 0 unspecified atom stereocenters. The standard InChI is InChI=1S/C12H15F2NO/c1-8(2)7-15(3)12(16)10-6-9(13)4-5-11(10)14/h4-6,8H,7H2,1-3H3. The van der Waals surface area contributed by atoms with Crippen molar-refractivity contribution in [3.8, 4) is 0 Å². The summed E-state index contributed by atoms with van der Waals surface area (Å²) in [6.07, 6.45) is 0. The molecule has 0 saturated carbocycles. The van der Waals surface area contributed by atoms with Crippen LogP contribution in [-0.2, 0) is 0 Å². The van der Waals surface area contributed by atoms with Crippen LogP contribution in [0.15, 0.2) is 18.2 Å². The van der Waals surface area contributed by atoms with Crippen LogP contribution in [0.25, 0.3) is 0 Å². The van der Waals surface area contributed by atoms with E-state index >= 15 is 0 Å². The van der Waals surface area contributed by atoms with E-state index in [1.54, 1.807) is 7.05 Å². The number of hydrogen-bond acceptors (Lipinski definition) is 1. The van der Waals surface area contributed by atoms with E-state index < -0.39 is 17.5 Å². The molecule has 1 aromatic rings. The summed E-state index contributed by atoms with van der Waals surface area (Å²) in [7, 11) is 1.58. The van der Waals surface area contributed by atoms with Gasteiger partial charge in [-0.1, -0.05) is 13.8 Å². The third-order valence-electron chi connectivity index (χ3n) is 2.14. The first kappa shape index (κ1) is 12.6. The largest absolute Gasteiger partial charge is 0.341 e. The molecule has 4 heteroatoms. The molecule has 0 aliphatic rings. The van der Waals surface area contributed by atoms with Crippen molar-refractivity contribution in [1.82, 2.24) is 4.90 Å². The van der Waals surface area contributed by atoms with Crippen molar-refractivity contribution in [2.24, 2.45) is 5.92 Å². The Labute approximate surface area is 93.9 Å². The fraction of sp³-hybridized carbons (Fsp3) is 0.417. The number of benzene rings is 1. The highest BCUT2D eigenvalue weighted by atomic mass is 19.1. The molecule has 0 bridgehead atoms. The van der Waals surface area contributed by atoms with Crippen molar-refractivity contribution < 1.29 is 13.6 Å². The molecule has 0 heterocycles. The molecule has 1 aromatic carbocycles. The van der Waals surface area contributed by atoms with Gasteiger partial charge in [0.1, 0.15) is 11.6 Å². The second-order valence-electron chi connectivity index (χ2n) is 4.20. The van der Waals surface area contributed by atoms with Gasteiger partial charge in [0.25, 0.3) is 5.91 Å². The van der Waals surface area contributed by atoms with Crippen LogP contribution in [0.3, 0.4) is 0 Å². The number of carbonyl (C=O) groups is 1. The molecule has 0 spiro atoms. The molecule has 0 aromatic heterocycles. The highest BCUT2D eigenvalue weighted by molar-refractivity contribution is 5.94. The first-order chi connectivity index (χ1) is 7.41. The van der Waals surface area contributed by atoms with Crippen LogP contribution in [0.1, 0.15) is 24.2 Å². The molecule has 0 fully saturated rings. The van der Waals surface area contributed by atoms with Gasteiger partial charge in [-0.3, -0.25) is 4.79 Å². The van der Waals surface area contributed by atoms with Gasteiger partial charge in [0.05, 0.1) is 5.56 Å². The van der Waals surface area contributed by atoms with Gasteiger partial charge < -0.3 is 4.90 Å². The van der Waals surface area contributed by atoms with Crippen LogP contribution >= 0.6 is 0 Å². The Morgan fingerprint density at radius 1 is 1.38 bits per heavy atom. The maximum Gasteiger partial charge on any atom is 0.256 e. The summed E-state index contributed by atoms with van der Waals surface area (Å²) < 4.78 is 26.2.